The number of nitrogens with one attached hydrogen (secondary N) is 2. The Labute approximate surface area is 176 Å². The van der Waals surface area contributed by atoms with E-state index in [0.29, 0.717) is 13.2 Å². The lowest BCUT2D eigenvalue weighted by molar-refractivity contribution is 0.134. The first-order valence-electron chi connectivity index (χ1n) is 9.99. The van der Waals surface area contributed by atoms with Crippen LogP contribution in [-0.2, 0) is 11.3 Å². The largest absolute Gasteiger partial charge is 0.494 e. The summed E-state index contributed by atoms with van der Waals surface area (Å²) in [6.45, 7) is 5.42. The number of nitrogens with zero attached hydrogens (tertiary/aromatic N) is 2. The van der Waals surface area contributed by atoms with Gasteiger partial charge in [0.25, 0.3) is 0 Å². The lowest BCUT2D eigenvalue weighted by Gasteiger charge is -2.11. The van der Waals surface area contributed by atoms with E-state index in [-0.39, 0.29) is 0 Å². The highest BCUT2D eigenvalue weighted by Crippen LogP contribution is 2.30. The molecule has 0 unspecified atom stereocenters. The molecule has 2 aromatic heterocycles. The van der Waals surface area contributed by atoms with Gasteiger partial charge in [-0.05, 0) is 61.4 Å². The molecule has 2 N–H and O–H groups in total. The third kappa shape index (κ3) is 4.23. The van der Waals surface area contributed by atoms with Crippen LogP contribution >= 0.6 is 0 Å². The van der Waals surface area contributed by atoms with Crippen LogP contribution in [0.1, 0.15) is 18.1 Å². The quantitative estimate of drug-likeness (QED) is 0.410. The van der Waals surface area contributed by atoms with Gasteiger partial charge < -0.3 is 19.8 Å². The maximum atomic E-state index is 5.59. The minimum Gasteiger partial charge on any atom is -0.494 e. The molecule has 4 rings (SSSR count). The molecule has 0 atom stereocenters. The molecule has 0 aliphatic rings. The molecule has 0 saturated heterocycles. The number of methoxy groups -OCH3 is 1. The summed E-state index contributed by atoms with van der Waals surface area (Å²) in [5.41, 5.74) is 6.33. The second kappa shape index (κ2) is 8.88. The van der Waals surface area contributed by atoms with Gasteiger partial charge in [0.1, 0.15) is 17.3 Å². The first-order valence-corrected chi connectivity index (χ1v) is 9.99. The van der Waals surface area contributed by atoms with Gasteiger partial charge in [0.05, 0.1) is 13.7 Å². The number of hydrogen-bond acceptors (Lipinski definition) is 4. The fourth-order valence-corrected chi connectivity index (χ4v) is 3.34. The monoisotopic (exact) mass is 402 g/mol. The third-order valence-electron chi connectivity index (χ3n) is 4.97. The van der Waals surface area contributed by atoms with Crippen molar-refractivity contribution in [2.24, 2.45) is 0 Å². The maximum absolute atomic E-state index is 5.59. The van der Waals surface area contributed by atoms with Crippen molar-refractivity contribution < 1.29 is 9.47 Å². The van der Waals surface area contributed by atoms with Crippen molar-refractivity contribution in [1.82, 2.24) is 14.8 Å². The van der Waals surface area contributed by atoms with Gasteiger partial charge in [0, 0.05) is 35.9 Å². The van der Waals surface area contributed by atoms with Gasteiger partial charge in [0.15, 0.2) is 0 Å². The summed E-state index contributed by atoms with van der Waals surface area (Å²) in [7, 11) is 1.67. The van der Waals surface area contributed by atoms with E-state index in [9.17, 15) is 0 Å². The fourth-order valence-electron chi connectivity index (χ4n) is 3.34. The van der Waals surface area contributed by atoms with Crippen molar-refractivity contribution in [3.05, 3.63) is 78.1 Å². The highest BCUT2D eigenvalue weighted by Gasteiger charge is 2.10. The summed E-state index contributed by atoms with van der Waals surface area (Å²) < 4.78 is 12.9. The molecule has 0 aliphatic carbocycles. The topological polar surface area (TPSA) is 64.1 Å². The Morgan fingerprint density at radius 3 is 2.77 bits per heavy atom. The van der Waals surface area contributed by atoms with Crippen LogP contribution in [0.5, 0.6) is 5.75 Å². The summed E-state index contributed by atoms with van der Waals surface area (Å²) >= 11 is 0. The zero-order chi connectivity index (χ0) is 20.9. The molecule has 154 valence electrons. The Morgan fingerprint density at radius 1 is 1.10 bits per heavy atom. The van der Waals surface area contributed by atoms with Crippen LogP contribution in [0.2, 0.25) is 0 Å². The Morgan fingerprint density at radius 2 is 2.00 bits per heavy atom. The van der Waals surface area contributed by atoms with Crippen molar-refractivity contribution in [2.45, 2.75) is 20.5 Å². The van der Waals surface area contributed by atoms with Crippen molar-refractivity contribution in [2.75, 3.05) is 19.0 Å². The number of aryl methyl sites for hydroxylation is 1. The Kier molecular flexibility index (Phi) is 5.86. The van der Waals surface area contributed by atoms with Gasteiger partial charge >= 0.3 is 0 Å². The molecule has 6 nitrogen and oxygen atoms in total. The number of aromatic nitrogens is 3. The highest BCUT2D eigenvalue weighted by atomic mass is 16.5. The molecule has 0 bridgehead atoms. The summed E-state index contributed by atoms with van der Waals surface area (Å²) in [6, 6.07) is 18.4. The number of benzene rings is 2. The van der Waals surface area contributed by atoms with Crippen molar-refractivity contribution in [3.8, 4) is 22.7 Å². The van der Waals surface area contributed by atoms with Gasteiger partial charge in [-0.15, -0.1) is 0 Å². The Hall–Kier alpha value is -3.51. The number of H-pyrrole nitrogens is 1. The van der Waals surface area contributed by atoms with Gasteiger partial charge in [0.2, 0.25) is 0 Å². The number of anilines is 2. The molecule has 0 saturated carbocycles. The highest BCUT2D eigenvalue weighted by molar-refractivity contribution is 5.70. The molecule has 0 radical (unpaired) electrons. The Balaban J connectivity index is 1.56. The average molecular weight is 402 g/mol. The van der Waals surface area contributed by atoms with E-state index in [2.05, 4.69) is 52.7 Å². The third-order valence-corrected chi connectivity index (χ3v) is 4.97. The minimum absolute atomic E-state index is 0.615. The van der Waals surface area contributed by atoms with E-state index in [1.807, 2.05) is 37.4 Å². The first-order chi connectivity index (χ1) is 14.7. The van der Waals surface area contributed by atoms with Crippen LogP contribution in [0, 0.1) is 6.92 Å². The van der Waals surface area contributed by atoms with Crippen LogP contribution in [0.25, 0.3) is 16.9 Å². The van der Waals surface area contributed by atoms with Crippen LogP contribution in [0.4, 0.5) is 11.5 Å². The number of aromatic amines is 1. The van der Waals surface area contributed by atoms with Crippen LogP contribution in [-0.4, -0.2) is 28.5 Å². The number of rotatable bonds is 8. The zero-order valence-electron chi connectivity index (χ0n) is 17.5. The maximum Gasteiger partial charge on any atom is 0.145 e. The van der Waals surface area contributed by atoms with Crippen molar-refractivity contribution >= 4 is 11.5 Å². The SMILES string of the molecule is CCOCc1ccc(C)c(Nc2ccc(-c3ccc(-n4cccn4)c(OC)c3)[nH]2)c1. The predicted molar refractivity (Wildman–Crippen MR) is 120 cm³/mol. The fraction of sp³-hybridized carbons (Fsp3) is 0.208. The Bertz CT molecular complexity index is 1120. The molecule has 4 aromatic rings. The smallest absolute Gasteiger partial charge is 0.145 e. The number of hydrogen-bond donors (Lipinski definition) is 2. The first kappa shape index (κ1) is 19.8. The molecule has 2 heterocycles. The van der Waals surface area contributed by atoms with Gasteiger partial charge in [-0.3, -0.25) is 0 Å². The van der Waals surface area contributed by atoms with Gasteiger partial charge in [-0.25, -0.2) is 4.68 Å². The molecule has 2 aromatic carbocycles. The van der Waals surface area contributed by atoms with E-state index < -0.39 is 0 Å². The van der Waals surface area contributed by atoms with Gasteiger partial charge in [-0.2, -0.15) is 5.10 Å². The summed E-state index contributed by atoms with van der Waals surface area (Å²) in [6.07, 6.45) is 3.65. The summed E-state index contributed by atoms with van der Waals surface area (Å²) in [4.78, 5) is 3.45. The molecule has 0 amide bonds. The van der Waals surface area contributed by atoms with E-state index in [0.717, 1.165) is 39.8 Å². The van der Waals surface area contributed by atoms with E-state index in [1.54, 1.807) is 18.0 Å². The molecular formula is C24H26N4O2. The second-order valence-corrected chi connectivity index (χ2v) is 7.03. The van der Waals surface area contributed by atoms with Crippen molar-refractivity contribution in [3.63, 3.8) is 0 Å². The van der Waals surface area contributed by atoms with E-state index >= 15 is 0 Å². The molecular weight excluding hydrogens is 376 g/mol. The molecule has 0 fully saturated rings. The van der Waals surface area contributed by atoms with Crippen LogP contribution in [0.15, 0.2) is 67.0 Å². The van der Waals surface area contributed by atoms with E-state index in [4.69, 9.17) is 9.47 Å². The van der Waals surface area contributed by atoms with E-state index in [1.165, 1.54) is 5.56 Å². The summed E-state index contributed by atoms with van der Waals surface area (Å²) in [5, 5.41) is 7.78. The lowest BCUT2D eigenvalue weighted by Crippen LogP contribution is -1.99. The lowest BCUT2D eigenvalue weighted by atomic mass is 10.1. The second-order valence-electron chi connectivity index (χ2n) is 7.03. The van der Waals surface area contributed by atoms with Crippen molar-refractivity contribution in [1.29, 1.82) is 0 Å². The average Bonchev–Trinajstić information content (AvgIpc) is 3.46. The zero-order valence-corrected chi connectivity index (χ0v) is 17.5. The van der Waals surface area contributed by atoms with Crippen LogP contribution in [0.3, 0.4) is 0 Å². The summed E-state index contributed by atoms with van der Waals surface area (Å²) in [5.74, 6) is 1.69. The molecule has 0 aliphatic heterocycles. The normalized spacial score (nSPS) is 10.9. The van der Waals surface area contributed by atoms with Gasteiger partial charge in [-0.1, -0.05) is 18.2 Å². The standard InChI is InChI=1S/C24H26N4O2/c1-4-30-16-18-7-6-17(2)21(14-18)27-24-11-9-20(26-24)19-8-10-22(23(15-19)29-3)28-13-5-12-25-28/h5-15,26-27H,4,16H2,1-3H3. The predicted octanol–water partition coefficient (Wildman–Crippen LogP) is 5.46. The molecule has 6 heteroatoms. The molecule has 30 heavy (non-hydrogen) atoms. The minimum atomic E-state index is 0.615. The molecule has 0 spiro atoms. The number of ether oxygens (including phenoxy) is 2. The van der Waals surface area contributed by atoms with Crippen LogP contribution < -0.4 is 10.1 Å².